The van der Waals surface area contributed by atoms with E-state index >= 15 is 0 Å². The fourth-order valence-electron chi connectivity index (χ4n) is 6.63. The predicted molar refractivity (Wildman–Crippen MR) is 236 cm³/mol. The van der Waals surface area contributed by atoms with Crippen LogP contribution in [-0.4, -0.2) is 46.9 Å². The van der Waals surface area contributed by atoms with E-state index in [2.05, 4.69) is 74.7 Å². The first kappa shape index (κ1) is 52.6. The molecule has 3 atom stereocenters. The molecule has 55 heavy (non-hydrogen) atoms. The summed E-state index contributed by atoms with van der Waals surface area (Å²) < 4.78 is 5.83. The van der Waals surface area contributed by atoms with Gasteiger partial charge >= 0.3 is 5.97 Å². The number of hydrogen-bond acceptors (Lipinski definition) is 5. The number of aliphatic hydroxyl groups is 2. The molecule has 3 unspecified atom stereocenters. The smallest absolute Gasteiger partial charge is 0.306 e. The highest BCUT2D eigenvalue weighted by atomic mass is 16.5. The Hall–Kier alpha value is -2.44. The summed E-state index contributed by atoms with van der Waals surface area (Å²) in [6, 6.07) is -0.729. The van der Waals surface area contributed by atoms with Gasteiger partial charge in [0.1, 0.15) is 6.10 Å². The van der Waals surface area contributed by atoms with Crippen LogP contribution in [0, 0.1) is 0 Å². The Morgan fingerprint density at radius 2 is 0.945 bits per heavy atom. The van der Waals surface area contributed by atoms with Gasteiger partial charge < -0.3 is 20.3 Å². The van der Waals surface area contributed by atoms with Crippen molar-refractivity contribution >= 4 is 11.9 Å². The van der Waals surface area contributed by atoms with Crippen molar-refractivity contribution in [3.8, 4) is 0 Å². The molecular formula is C49H87NO5. The number of carbonyl (C=O) groups is 2. The maximum Gasteiger partial charge on any atom is 0.306 e. The summed E-state index contributed by atoms with van der Waals surface area (Å²) in [5, 5.41) is 23.6. The number of rotatable bonds is 40. The number of allylic oxidation sites excluding steroid dienone is 9. The molecule has 0 aliphatic carbocycles. The Bertz CT molecular complexity index is 999. The van der Waals surface area contributed by atoms with E-state index in [0.29, 0.717) is 19.3 Å². The molecule has 318 valence electrons. The van der Waals surface area contributed by atoms with Gasteiger partial charge in [0.15, 0.2) is 0 Å². The maximum atomic E-state index is 13.1. The number of amides is 1. The molecule has 0 aliphatic heterocycles. The minimum atomic E-state index is -0.809. The van der Waals surface area contributed by atoms with Crippen LogP contribution < -0.4 is 5.32 Å². The van der Waals surface area contributed by atoms with Crippen molar-refractivity contribution < 1.29 is 24.5 Å². The second-order valence-electron chi connectivity index (χ2n) is 15.4. The molecule has 6 heteroatoms. The topological polar surface area (TPSA) is 95.9 Å². The normalized spacial score (nSPS) is 13.9. The number of ether oxygens (including phenoxy) is 1. The van der Waals surface area contributed by atoms with Crippen molar-refractivity contribution in [3.05, 3.63) is 60.8 Å². The van der Waals surface area contributed by atoms with Crippen LogP contribution in [0.5, 0.6) is 0 Å². The van der Waals surface area contributed by atoms with Crippen LogP contribution >= 0.6 is 0 Å². The fraction of sp³-hybridized carbons (Fsp3) is 0.755. The third kappa shape index (κ3) is 38.2. The number of carbonyl (C=O) groups excluding carboxylic acids is 2. The second-order valence-corrected chi connectivity index (χ2v) is 15.4. The Labute approximate surface area is 339 Å². The third-order valence-corrected chi connectivity index (χ3v) is 10.1. The Morgan fingerprint density at radius 1 is 0.545 bits per heavy atom. The van der Waals surface area contributed by atoms with Gasteiger partial charge in [-0.15, -0.1) is 0 Å². The molecule has 0 aromatic heterocycles. The van der Waals surface area contributed by atoms with Crippen molar-refractivity contribution in [2.45, 2.75) is 232 Å². The van der Waals surface area contributed by atoms with Crippen LogP contribution in [0.2, 0.25) is 0 Å². The predicted octanol–water partition coefficient (Wildman–Crippen LogP) is 13.3. The van der Waals surface area contributed by atoms with E-state index < -0.39 is 18.2 Å². The zero-order valence-electron chi connectivity index (χ0n) is 36.0. The van der Waals surface area contributed by atoms with Gasteiger partial charge in [-0.1, -0.05) is 210 Å². The molecule has 0 spiro atoms. The van der Waals surface area contributed by atoms with Crippen LogP contribution in [0.3, 0.4) is 0 Å². The van der Waals surface area contributed by atoms with Crippen LogP contribution in [0.25, 0.3) is 0 Å². The molecule has 0 heterocycles. The molecular weight excluding hydrogens is 683 g/mol. The third-order valence-electron chi connectivity index (χ3n) is 10.1. The van der Waals surface area contributed by atoms with E-state index in [1.165, 1.54) is 96.3 Å². The van der Waals surface area contributed by atoms with Gasteiger partial charge in [0, 0.05) is 12.8 Å². The minimum absolute atomic E-state index is 0.000215. The lowest BCUT2D eigenvalue weighted by Crippen LogP contribution is -2.46. The highest BCUT2D eigenvalue weighted by Crippen LogP contribution is 2.16. The highest BCUT2D eigenvalue weighted by Gasteiger charge is 2.23. The van der Waals surface area contributed by atoms with Gasteiger partial charge in [0.2, 0.25) is 5.91 Å². The molecule has 0 aromatic rings. The van der Waals surface area contributed by atoms with E-state index in [9.17, 15) is 19.8 Å². The highest BCUT2D eigenvalue weighted by molar-refractivity contribution is 5.77. The lowest BCUT2D eigenvalue weighted by atomic mass is 10.0. The van der Waals surface area contributed by atoms with Crippen molar-refractivity contribution in [1.29, 1.82) is 0 Å². The van der Waals surface area contributed by atoms with E-state index in [1.54, 1.807) is 0 Å². The summed E-state index contributed by atoms with van der Waals surface area (Å²) in [4.78, 5) is 25.9. The van der Waals surface area contributed by atoms with Gasteiger partial charge in [0.25, 0.3) is 0 Å². The molecule has 0 fully saturated rings. The summed E-state index contributed by atoms with van der Waals surface area (Å²) in [5.41, 5.74) is 0. The monoisotopic (exact) mass is 770 g/mol. The molecule has 6 nitrogen and oxygen atoms in total. The summed E-state index contributed by atoms with van der Waals surface area (Å²) >= 11 is 0. The Morgan fingerprint density at radius 3 is 1.38 bits per heavy atom. The Kier molecular flexibility index (Phi) is 40.8. The number of hydrogen-bond donors (Lipinski definition) is 3. The molecule has 0 saturated carbocycles. The van der Waals surface area contributed by atoms with Crippen LogP contribution in [0.4, 0.5) is 0 Å². The lowest BCUT2D eigenvalue weighted by Gasteiger charge is -2.24. The molecule has 0 aromatic carbocycles. The maximum absolute atomic E-state index is 13.1. The Balaban J connectivity index is 4.77. The first-order valence-corrected chi connectivity index (χ1v) is 23.0. The quantitative estimate of drug-likeness (QED) is 0.0328. The van der Waals surface area contributed by atoms with Gasteiger partial charge in [-0.3, -0.25) is 9.59 Å². The van der Waals surface area contributed by atoms with Crippen LogP contribution in [0.15, 0.2) is 60.8 Å². The minimum Gasteiger partial charge on any atom is -0.461 e. The SMILES string of the molecule is CC/C=C\C/C=C\C/C=C\C/C=C\C/C=C\CC(CC(=O)NC(CO)C(O)CCCCCCCCCCCC)OC(=O)CCCCCCCCCCCCC. The van der Waals surface area contributed by atoms with E-state index in [1.807, 2.05) is 12.2 Å². The number of esters is 1. The first-order valence-electron chi connectivity index (χ1n) is 23.0. The van der Waals surface area contributed by atoms with Crippen LogP contribution in [-0.2, 0) is 14.3 Å². The number of unbranched alkanes of at least 4 members (excludes halogenated alkanes) is 19. The van der Waals surface area contributed by atoms with E-state index in [0.717, 1.165) is 70.6 Å². The van der Waals surface area contributed by atoms with Gasteiger partial charge in [-0.25, -0.2) is 0 Å². The standard InChI is InChI=1S/C49H87NO5/c1-4-7-10-13-16-19-22-23-24-25-27-28-31-34-37-40-45(55-49(54)42-39-36-33-30-26-20-17-14-11-8-5-2)43-48(53)50-46(44-51)47(52)41-38-35-32-29-21-18-15-12-9-6-3/h7,10,16,19,23-24,27-28,34,37,45-47,51-52H,4-6,8-9,11-15,17-18,20-22,25-26,29-33,35-36,38-44H2,1-3H3,(H,50,53)/b10-7-,19-16-,24-23-,28-27-,37-34-. The number of nitrogens with one attached hydrogen (secondary N) is 1. The number of aliphatic hydroxyl groups excluding tert-OH is 2. The summed E-state index contributed by atoms with van der Waals surface area (Å²) in [6.07, 6.45) is 51.5. The van der Waals surface area contributed by atoms with E-state index in [4.69, 9.17) is 4.74 Å². The van der Waals surface area contributed by atoms with Gasteiger partial charge in [-0.2, -0.15) is 0 Å². The van der Waals surface area contributed by atoms with Crippen molar-refractivity contribution in [2.75, 3.05) is 6.61 Å². The molecule has 0 saturated heterocycles. The molecule has 0 aliphatic rings. The van der Waals surface area contributed by atoms with Crippen molar-refractivity contribution in [1.82, 2.24) is 5.32 Å². The molecule has 0 radical (unpaired) electrons. The fourth-order valence-corrected chi connectivity index (χ4v) is 6.63. The average Bonchev–Trinajstić information content (AvgIpc) is 3.18. The molecule has 0 rings (SSSR count). The summed E-state index contributed by atoms with van der Waals surface area (Å²) in [6.45, 7) is 6.30. The van der Waals surface area contributed by atoms with E-state index in [-0.39, 0.29) is 24.9 Å². The van der Waals surface area contributed by atoms with Gasteiger partial charge in [0.05, 0.1) is 25.2 Å². The van der Waals surface area contributed by atoms with Gasteiger partial charge in [-0.05, 0) is 44.9 Å². The van der Waals surface area contributed by atoms with Crippen molar-refractivity contribution in [2.24, 2.45) is 0 Å². The van der Waals surface area contributed by atoms with Crippen LogP contribution in [0.1, 0.15) is 213 Å². The zero-order chi connectivity index (χ0) is 40.3. The zero-order valence-corrected chi connectivity index (χ0v) is 36.0. The summed E-state index contributed by atoms with van der Waals surface area (Å²) in [7, 11) is 0. The first-order chi connectivity index (χ1) is 27.0. The largest absolute Gasteiger partial charge is 0.461 e. The molecule has 3 N–H and O–H groups in total. The summed E-state index contributed by atoms with van der Waals surface area (Å²) in [5.74, 6) is -0.582. The average molecular weight is 770 g/mol. The molecule has 1 amide bonds. The second kappa shape index (κ2) is 42.7. The van der Waals surface area contributed by atoms with Crippen molar-refractivity contribution in [3.63, 3.8) is 0 Å². The molecule has 0 bridgehead atoms. The lowest BCUT2D eigenvalue weighted by molar-refractivity contribution is -0.150.